The molecule has 2 atom stereocenters. The molecule has 2 heterocycles. The van der Waals surface area contributed by atoms with Crippen molar-refractivity contribution < 1.29 is 24.6 Å². The summed E-state index contributed by atoms with van der Waals surface area (Å²) in [6.07, 6.45) is 4.25. The van der Waals surface area contributed by atoms with Gasteiger partial charge in [0.05, 0.1) is 12.6 Å². The van der Waals surface area contributed by atoms with E-state index >= 15 is 0 Å². The standard InChI is InChI=1S/C8H13NO3.C8H15NO2/c1-2-6(8(11)12)9-5-3-4-7(9)10;1-2-7(6-10)9-5-3-4-8(9)11/h6H,2-5H2,1H3,(H,11,12);7,10H,2-6H2,1H3/t6-;7-/m00/s1. The summed E-state index contributed by atoms with van der Waals surface area (Å²) in [6.45, 7) is 5.31. The second-order valence-corrected chi connectivity index (χ2v) is 5.89. The lowest BCUT2D eigenvalue weighted by Gasteiger charge is -2.24. The minimum Gasteiger partial charge on any atom is -0.480 e. The monoisotopic (exact) mass is 328 g/mol. The van der Waals surface area contributed by atoms with E-state index in [9.17, 15) is 14.4 Å². The van der Waals surface area contributed by atoms with Gasteiger partial charge in [-0.2, -0.15) is 0 Å². The number of hydrogen-bond donors (Lipinski definition) is 2. The molecule has 2 amide bonds. The van der Waals surface area contributed by atoms with Gasteiger partial charge in [-0.05, 0) is 25.7 Å². The molecule has 0 spiro atoms. The number of nitrogens with zero attached hydrogens (tertiary/aromatic N) is 2. The second kappa shape index (κ2) is 9.50. The summed E-state index contributed by atoms with van der Waals surface area (Å²) in [7, 11) is 0. The maximum absolute atomic E-state index is 11.1. The molecule has 2 fully saturated rings. The molecule has 0 saturated carbocycles. The molecular formula is C16H28N2O5. The Kier molecular flexibility index (Phi) is 8.02. The minimum atomic E-state index is -0.896. The first-order valence-electron chi connectivity index (χ1n) is 8.38. The van der Waals surface area contributed by atoms with Crippen LogP contribution in [0.15, 0.2) is 0 Å². The topological polar surface area (TPSA) is 98.2 Å². The minimum absolute atomic E-state index is 0.0238. The molecule has 0 aliphatic carbocycles. The normalized spacial score (nSPS) is 20.3. The molecule has 2 saturated heterocycles. The number of carboxylic acids is 1. The third-order valence-electron chi connectivity index (χ3n) is 4.39. The number of aliphatic carboxylic acids is 1. The number of carbonyl (C=O) groups excluding carboxylic acids is 2. The summed E-state index contributed by atoms with van der Waals surface area (Å²) in [5, 5.41) is 17.7. The van der Waals surface area contributed by atoms with Gasteiger partial charge in [-0.3, -0.25) is 9.59 Å². The zero-order valence-electron chi connectivity index (χ0n) is 14.0. The molecular weight excluding hydrogens is 300 g/mol. The molecule has 0 bridgehead atoms. The molecule has 0 unspecified atom stereocenters. The lowest BCUT2D eigenvalue weighted by Crippen LogP contribution is -2.41. The number of aliphatic hydroxyl groups excluding tert-OH is 1. The Bertz CT molecular complexity index is 423. The summed E-state index contributed by atoms with van der Waals surface area (Å²) in [4.78, 5) is 36.2. The third kappa shape index (κ3) is 5.20. The highest BCUT2D eigenvalue weighted by atomic mass is 16.4. The number of carbonyl (C=O) groups is 3. The van der Waals surface area contributed by atoms with Gasteiger partial charge in [0.25, 0.3) is 0 Å². The SMILES string of the molecule is CC[C@@H](C(=O)O)N1CCCC1=O.CC[C@@H](CO)N1CCCC1=O. The predicted octanol–water partition coefficient (Wildman–Crippen LogP) is 0.852. The van der Waals surface area contributed by atoms with Crippen molar-refractivity contribution in [2.45, 2.75) is 64.5 Å². The first-order chi connectivity index (χ1) is 11.0. The van der Waals surface area contributed by atoms with E-state index in [4.69, 9.17) is 10.2 Å². The van der Waals surface area contributed by atoms with E-state index in [0.717, 1.165) is 25.8 Å². The van der Waals surface area contributed by atoms with E-state index in [-0.39, 0.29) is 24.5 Å². The van der Waals surface area contributed by atoms with E-state index in [0.29, 0.717) is 25.8 Å². The van der Waals surface area contributed by atoms with Gasteiger partial charge in [0, 0.05) is 25.9 Å². The Morgan fingerprint density at radius 1 is 1.04 bits per heavy atom. The Hall–Kier alpha value is -1.63. The maximum atomic E-state index is 11.1. The van der Waals surface area contributed by atoms with Crippen molar-refractivity contribution in [1.29, 1.82) is 0 Å². The van der Waals surface area contributed by atoms with Crippen molar-refractivity contribution in [3.63, 3.8) is 0 Å². The number of rotatable bonds is 6. The van der Waals surface area contributed by atoms with Crippen molar-refractivity contribution in [3.8, 4) is 0 Å². The molecule has 0 aromatic carbocycles. The summed E-state index contributed by atoms with van der Waals surface area (Å²) < 4.78 is 0. The molecule has 7 nitrogen and oxygen atoms in total. The van der Waals surface area contributed by atoms with Gasteiger partial charge in [-0.1, -0.05) is 13.8 Å². The van der Waals surface area contributed by atoms with Gasteiger partial charge in [0.1, 0.15) is 6.04 Å². The van der Waals surface area contributed by atoms with E-state index < -0.39 is 12.0 Å². The van der Waals surface area contributed by atoms with E-state index in [1.54, 1.807) is 11.8 Å². The second-order valence-electron chi connectivity index (χ2n) is 5.89. The van der Waals surface area contributed by atoms with E-state index in [2.05, 4.69) is 0 Å². The molecule has 0 aromatic heterocycles. The van der Waals surface area contributed by atoms with Crippen molar-refractivity contribution in [2.75, 3.05) is 19.7 Å². The highest BCUT2D eigenvalue weighted by Gasteiger charge is 2.31. The Balaban J connectivity index is 0.000000231. The van der Waals surface area contributed by atoms with Gasteiger partial charge < -0.3 is 20.0 Å². The number of aliphatic hydroxyl groups is 1. The summed E-state index contributed by atoms with van der Waals surface area (Å²) in [5.41, 5.74) is 0. The zero-order valence-corrected chi connectivity index (χ0v) is 14.0. The number of hydrogen-bond acceptors (Lipinski definition) is 4. The fourth-order valence-corrected chi connectivity index (χ4v) is 3.03. The Labute approximate surface area is 137 Å². The van der Waals surface area contributed by atoms with Crippen LogP contribution in [0.1, 0.15) is 52.4 Å². The highest BCUT2D eigenvalue weighted by Crippen LogP contribution is 2.16. The van der Waals surface area contributed by atoms with Crippen molar-refractivity contribution in [2.24, 2.45) is 0 Å². The highest BCUT2D eigenvalue weighted by molar-refractivity contribution is 5.84. The van der Waals surface area contributed by atoms with Crippen molar-refractivity contribution in [1.82, 2.24) is 9.80 Å². The Morgan fingerprint density at radius 2 is 1.57 bits per heavy atom. The van der Waals surface area contributed by atoms with Crippen LogP contribution in [0.2, 0.25) is 0 Å². The number of amides is 2. The summed E-state index contributed by atoms with van der Waals surface area (Å²) >= 11 is 0. The average molecular weight is 328 g/mol. The molecule has 23 heavy (non-hydrogen) atoms. The zero-order chi connectivity index (χ0) is 17.4. The Morgan fingerprint density at radius 3 is 1.87 bits per heavy atom. The first kappa shape index (κ1) is 19.4. The average Bonchev–Trinajstić information content (AvgIpc) is 3.12. The molecule has 2 aliphatic rings. The maximum Gasteiger partial charge on any atom is 0.326 e. The van der Waals surface area contributed by atoms with Gasteiger partial charge in [0.15, 0.2) is 0 Å². The predicted molar refractivity (Wildman–Crippen MR) is 84.8 cm³/mol. The van der Waals surface area contributed by atoms with Crippen LogP contribution >= 0.6 is 0 Å². The molecule has 2 N–H and O–H groups in total. The third-order valence-corrected chi connectivity index (χ3v) is 4.39. The first-order valence-corrected chi connectivity index (χ1v) is 8.38. The number of carboxylic acid groups (broad SMARTS) is 1. The van der Waals surface area contributed by atoms with Crippen LogP contribution < -0.4 is 0 Å². The van der Waals surface area contributed by atoms with Crippen LogP contribution in [0.3, 0.4) is 0 Å². The van der Waals surface area contributed by atoms with Crippen molar-refractivity contribution >= 4 is 17.8 Å². The van der Waals surface area contributed by atoms with Gasteiger partial charge in [0.2, 0.25) is 11.8 Å². The summed E-state index contributed by atoms with van der Waals surface area (Å²) in [5.74, 6) is -0.720. The number of likely N-dealkylation sites (tertiary alicyclic amines) is 2. The van der Waals surface area contributed by atoms with Crippen LogP contribution in [0, 0.1) is 0 Å². The van der Waals surface area contributed by atoms with Crippen LogP contribution in [0.4, 0.5) is 0 Å². The van der Waals surface area contributed by atoms with E-state index in [1.165, 1.54) is 4.90 Å². The molecule has 2 rings (SSSR count). The fourth-order valence-electron chi connectivity index (χ4n) is 3.03. The van der Waals surface area contributed by atoms with Crippen LogP contribution in [-0.4, -0.2) is 69.6 Å². The van der Waals surface area contributed by atoms with Gasteiger partial charge in [-0.25, -0.2) is 4.79 Å². The largest absolute Gasteiger partial charge is 0.480 e. The molecule has 2 aliphatic heterocycles. The molecule has 0 aromatic rings. The van der Waals surface area contributed by atoms with Gasteiger partial charge >= 0.3 is 5.97 Å². The smallest absolute Gasteiger partial charge is 0.326 e. The molecule has 0 radical (unpaired) electrons. The van der Waals surface area contributed by atoms with Gasteiger partial charge in [-0.15, -0.1) is 0 Å². The molecule has 7 heteroatoms. The lowest BCUT2D eigenvalue weighted by atomic mass is 10.2. The van der Waals surface area contributed by atoms with Crippen LogP contribution in [0.25, 0.3) is 0 Å². The fraction of sp³-hybridized carbons (Fsp3) is 0.812. The lowest BCUT2D eigenvalue weighted by molar-refractivity contribution is -0.148. The summed E-state index contributed by atoms with van der Waals surface area (Å²) in [6, 6.07) is -0.551. The molecule has 132 valence electrons. The quantitative estimate of drug-likeness (QED) is 0.753. The van der Waals surface area contributed by atoms with E-state index in [1.807, 2.05) is 6.92 Å². The van der Waals surface area contributed by atoms with Crippen molar-refractivity contribution in [3.05, 3.63) is 0 Å². The van der Waals surface area contributed by atoms with Crippen LogP contribution in [-0.2, 0) is 14.4 Å². The van der Waals surface area contributed by atoms with Crippen LogP contribution in [0.5, 0.6) is 0 Å².